The lowest BCUT2D eigenvalue weighted by atomic mass is 9.90. The van der Waals surface area contributed by atoms with E-state index in [9.17, 15) is 0 Å². The average Bonchev–Trinajstić information content (AvgIpc) is 2.56. The summed E-state index contributed by atoms with van der Waals surface area (Å²) in [6.45, 7) is 10.8. The molecule has 0 amide bonds. The predicted molar refractivity (Wildman–Crippen MR) is 76.1 cm³/mol. The van der Waals surface area contributed by atoms with E-state index >= 15 is 0 Å². The molecule has 0 aliphatic carbocycles. The van der Waals surface area contributed by atoms with Gasteiger partial charge in [0.25, 0.3) is 0 Å². The molecule has 1 rings (SSSR count). The van der Waals surface area contributed by atoms with Crippen LogP contribution in [0.25, 0.3) is 0 Å². The van der Waals surface area contributed by atoms with Crippen molar-refractivity contribution in [2.24, 2.45) is 12.5 Å². The average molecular weight is 302 g/mol. The molecule has 0 fully saturated rings. The third-order valence-electron chi connectivity index (χ3n) is 3.36. The lowest BCUT2D eigenvalue weighted by Gasteiger charge is -2.23. The molecule has 0 aliphatic rings. The highest BCUT2D eigenvalue weighted by molar-refractivity contribution is 9.10. The Bertz CT molecular complexity index is 369. The highest BCUT2D eigenvalue weighted by Crippen LogP contribution is 2.22. The number of hydrogen-bond acceptors (Lipinski definition) is 2. The van der Waals surface area contributed by atoms with Crippen molar-refractivity contribution in [3.05, 3.63) is 15.9 Å². The van der Waals surface area contributed by atoms with E-state index in [-0.39, 0.29) is 0 Å². The van der Waals surface area contributed by atoms with E-state index in [1.165, 1.54) is 12.1 Å². The van der Waals surface area contributed by atoms with Crippen molar-refractivity contribution in [3.8, 4) is 0 Å². The highest BCUT2D eigenvalue weighted by Gasteiger charge is 2.16. The second-order valence-corrected chi connectivity index (χ2v) is 6.10. The third kappa shape index (κ3) is 3.81. The third-order valence-corrected chi connectivity index (χ3v) is 4.27. The van der Waals surface area contributed by atoms with Gasteiger partial charge in [-0.15, -0.1) is 0 Å². The maximum atomic E-state index is 4.49. The first-order valence-electron chi connectivity index (χ1n) is 6.32. The van der Waals surface area contributed by atoms with E-state index in [1.54, 1.807) is 0 Å². The van der Waals surface area contributed by atoms with Crippen LogP contribution in [0.5, 0.6) is 0 Å². The van der Waals surface area contributed by atoms with Crippen molar-refractivity contribution < 1.29 is 0 Å². The Kier molecular flexibility index (Phi) is 5.20. The van der Waals surface area contributed by atoms with E-state index in [0.29, 0.717) is 5.41 Å². The summed E-state index contributed by atoms with van der Waals surface area (Å²) in [6, 6.07) is 0. The van der Waals surface area contributed by atoms with E-state index in [1.807, 2.05) is 11.7 Å². The maximum absolute atomic E-state index is 4.49. The van der Waals surface area contributed by atoms with Crippen LogP contribution >= 0.6 is 15.9 Å². The highest BCUT2D eigenvalue weighted by atomic mass is 79.9. The summed E-state index contributed by atoms with van der Waals surface area (Å²) < 4.78 is 3.12. The van der Waals surface area contributed by atoms with Gasteiger partial charge in [-0.1, -0.05) is 27.7 Å². The molecular weight excluding hydrogens is 278 g/mol. The summed E-state index contributed by atoms with van der Waals surface area (Å²) in [5.41, 5.74) is 2.73. The molecule has 0 atom stereocenters. The minimum atomic E-state index is 0.360. The van der Waals surface area contributed by atoms with Gasteiger partial charge in [0, 0.05) is 20.1 Å². The standard InChI is InChI=1S/C13H24BrN3/c1-6-10-12(14)11(17(5)16-10)8-15-9-13(3,4)7-2/h15H,6-9H2,1-5H3. The second kappa shape index (κ2) is 6.01. The minimum absolute atomic E-state index is 0.360. The molecule has 0 saturated heterocycles. The lowest BCUT2D eigenvalue weighted by Crippen LogP contribution is -2.29. The van der Waals surface area contributed by atoms with Crippen LogP contribution < -0.4 is 5.32 Å². The second-order valence-electron chi connectivity index (χ2n) is 5.31. The summed E-state index contributed by atoms with van der Waals surface area (Å²) in [5.74, 6) is 0. The van der Waals surface area contributed by atoms with Gasteiger partial charge in [-0.2, -0.15) is 5.10 Å². The summed E-state index contributed by atoms with van der Waals surface area (Å²) in [4.78, 5) is 0. The molecule has 0 aliphatic heterocycles. The van der Waals surface area contributed by atoms with E-state index in [0.717, 1.165) is 29.7 Å². The van der Waals surface area contributed by atoms with Gasteiger partial charge >= 0.3 is 0 Å². The number of aromatic nitrogens is 2. The molecule has 0 spiro atoms. The molecular formula is C13H24BrN3. The Morgan fingerprint density at radius 1 is 1.35 bits per heavy atom. The van der Waals surface area contributed by atoms with Crippen LogP contribution in [0.4, 0.5) is 0 Å². The van der Waals surface area contributed by atoms with Gasteiger partial charge in [0.2, 0.25) is 0 Å². The Morgan fingerprint density at radius 2 is 2.00 bits per heavy atom. The Hall–Kier alpha value is -0.350. The van der Waals surface area contributed by atoms with Crippen molar-refractivity contribution >= 4 is 15.9 Å². The van der Waals surface area contributed by atoms with Crippen molar-refractivity contribution in [2.75, 3.05) is 6.54 Å². The zero-order valence-electron chi connectivity index (χ0n) is 11.6. The molecule has 1 N–H and O–H groups in total. The number of halogens is 1. The van der Waals surface area contributed by atoms with Gasteiger partial charge in [0.05, 0.1) is 15.9 Å². The zero-order chi connectivity index (χ0) is 13.1. The molecule has 17 heavy (non-hydrogen) atoms. The molecule has 0 unspecified atom stereocenters. The number of nitrogens with one attached hydrogen (secondary N) is 1. The fourth-order valence-corrected chi connectivity index (χ4v) is 2.41. The van der Waals surface area contributed by atoms with Crippen molar-refractivity contribution in [1.29, 1.82) is 0 Å². The molecule has 0 saturated carbocycles. The summed E-state index contributed by atoms with van der Waals surface area (Å²) in [7, 11) is 2.01. The van der Waals surface area contributed by atoms with Crippen LogP contribution in [0.1, 0.15) is 45.5 Å². The van der Waals surface area contributed by atoms with Crippen molar-refractivity contribution in [2.45, 2.75) is 47.1 Å². The topological polar surface area (TPSA) is 29.9 Å². The Labute approximate surface area is 113 Å². The van der Waals surface area contributed by atoms with Crippen LogP contribution in [-0.2, 0) is 20.0 Å². The van der Waals surface area contributed by atoms with Crippen LogP contribution in [0.2, 0.25) is 0 Å². The molecule has 1 aromatic rings. The van der Waals surface area contributed by atoms with Gasteiger partial charge < -0.3 is 5.32 Å². The fraction of sp³-hybridized carbons (Fsp3) is 0.769. The van der Waals surface area contributed by atoms with Crippen LogP contribution in [0, 0.1) is 5.41 Å². The zero-order valence-corrected chi connectivity index (χ0v) is 13.2. The Morgan fingerprint density at radius 3 is 2.47 bits per heavy atom. The SMILES string of the molecule is CCc1nn(C)c(CNCC(C)(C)CC)c1Br. The quantitative estimate of drug-likeness (QED) is 0.874. The molecule has 0 bridgehead atoms. The number of rotatable bonds is 6. The molecule has 3 nitrogen and oxygen atoms in total. The normalized spacial score (nSPS) is 12.1. The van der Waals surface area contributed by atoms with Gasteiger partial charge in [-0.25, -0.2) is 0 Å². The first kappa shape index (κ1) is 14.7. The number of hydrogen-bond donors (Lipinski definition) is 1. The van der Waals surface area contributed by atoms with E-state index in [2.05, 4.69) is 54.0 Å². The largest absolute Gasteiger partial charge is 0.311 e. The van der Waals surface area contributed by atoms with Gasteiger partial charge in [0.15, 0.2) is 0 Å². The molecule has 0 radical (unpaired) electrons. The molecule has 0 aromatic carbocycles. The monoisotopic (exact) mass is 301 g/mol. The summed E-state index contributed by atoms with van der Waals surface area (Å²) in [6.07, 6.45) is 2.15. The number of aryl methyl sites for hydroxylation is 2. The predicted octanol–water partition coefficient (Wildman–Crippen LogP) is 3.27. The van der Waals surface area contributed by atoms with Gasteiger partial charge in [-0.05, 0) is 34.2 Å². The first-order valence-corrected chi connectivity index (χ1v) is 7.11. The number of nitrogens with zero attached hydrogens (tertiary/aromatic N) is 2. The summed E-state index contributed by atoms with van der Waals surface area (Å²) >= 11 is 3.64. The van der Waals surface area contributed by atoms with Crippen LogP contribution in [0.3, 0.4) is 0 Å². The van der Waals surface area contributed by atoms with E-state index < -0.39 is 0 Å². The van der Waals surface area contributed by atoms with E-state index in [4.69, 9.17) is 0 Å². The van der Waals surface area contributed by atoms with Gasteiger partial charge in [-0.3, -0.25) is 4.68 Å². The Balaban J connectivity index is 2.61. The molecule has 1 aromatic heterocycles. The first-order chi connectivity index (χ1) is 7.91. The fourth-order valence-electron chi connectivity index (χ4n) is 1.66. The molecule has 1 heterocycles. The van der Waals surface area contributed by atoms with Crippen LogP contribution in [0.15, 0.2) is 4.47 Å². The van der Waals surface area contributed by atoms with Crippen molar-refractivity contribution in [3.63, 3.8) is 0 Å². The van der Waals surface area contributed by atoms with Crippen molar-refractivity contribution in [1.82, 2.24) is 15.1 Å². The summed E-state index contributed by atoms with van der Waals surface area (Å²) in [5, 5.41) is 8.01. The smallest absolute Gasteiger partial charge is 0.0767 e. The maximum Gasteiger partial charge on any atom is 0.0767 e. The molecule has 4 heteroatoms. The lowest BCUT2D eigenvalue weighted by molar-refractivity contribution is 0.326. The van der Waals surface area contributed by atoms with Crippen LogP contribution in [-0.4, -0.2) is 16.3 Å². The van der Waals surface area contributed by atoms with Gasteiger partial charge in [0.1, 0.15) is 0 Å². The minimum Gasteiger partial charge on any atom is -0.311 e. The molecule has 98 valence electrons.